The maximum absolute atomic E-state index is 16.7. The minimum absolute atomic E-state index is 0.0452. The second-order valence-corrected chi connectivity index (χ2v) is 28.2. The highest BCUT2D eigenvalue weighted by atomic mass is 31.2. The number of phosphoric ester groups is 1. The van der Waals surface area contributed by atoms with Crippen molar-refractivity contribution in [3.63, 3.8) is 0 Å². The van der Waals surface area contributed by atoms with E-state index in [1.54, 1.807) is 5.32 Å². The Morgan fingerprint density at radius 2 is 1.32 bits per heavy atom. The molecular weight excluding hydrogens is 1470 g/mol. The van der Waals surface area contributed by atoms with Crippen molar-refractivity contribution in [2.45, 2.75) is 147 Å². The van der Waals surface area contributed by atoms with Crippen LogP contribution in [0.3, 0.4) is 0 Å². The largest absolute Gasteiger partial charge is 0.524 e. The van der Waals surface area contributed by atoms with Crippen molar-refractivity contribution < 1.29 is 130 Å². The smallest absolute Gasteiger partial charge is 0.478 e. The summed E-state index contributed by atoms with van der Waals surface area (Å²) in [5.41, 5.74) is -7.97. The first-order valence-electron chi connectivity index (χ1n) is 32.6. The SMILES string of the molecule is COC(=O)N[C@H](C(=O)N[C@@H](Cc1ccc(C#Cc2cnc(N3CC4CCC(C3)N4C3COC3)nc2)cc1)[C@H](CN(Cc1c(F)cc(-c2ccn(C(F)F)n2)cc1F)NC(=O)[C@@H](NC(=O)OC)C(C)(C)C(F)(F)F)OC(=O)OCOC(=O)CC(C)(C)c1c(C)cc(C(=O)O)cc1OP(=O)(O)O)C(C)(C)C(F)(F)F. The van der Waals surface area contributed by atoms with Crippen molar-refractivity contribution in [1.29, 1.82) is 0 Å². The normalized spacial score (nSPS) is 16.9. The van der Waals surface area contributed by atoms with Gasteiger partial charge >= 0.3 is 57.0 Å². The number of esters is 1. The lowest BCUT2D eigenvalue weighted by Crippen LogP contribution is -2.64. The highest BCUT2D eigenvalue weighted by molar-refractivity contribution is 7.46. The minimum atomic E-state index is -5.41. The molecule has 0 aliphatic carbocycles. The van der Waals surface area contributed by atoms with E-state index in [1.807, 2.05) is 10.7 Å². The fourth-order valence-electron chi connectivity index (χ4n) is 12.4. The van der Waals surface area contributed by atoms with Crippen LogP contribution in [0.4, 0.5) is 64.2 Å². The topological polar surface area (TPSA) is 363 Å². The Labute approximate surface area is 604 Å². The number of piperazine rings is 1. The molecule has 107 heavy (non-hydrogen) atoms. The average molecular weight is 1540 g/mol. The molecule has 40 heteroatoms. The van der Waals surface area contributed by atoms with Crippen molar-refractivity contribution >= 4 is 55.9 Å². The molecule has 7 N–H and O–H groups in total. The van der Waals surface area contributed by atoms with Gasteiger partial charge in [0.1, 0.15) is 35.6 Å². The fourth-order valence-corrected chi connectivity index (χ4v) is 12.8. The first-order valence-corrected chi connectivity index (χ1v) is 34.1. The lowest BCUT2D eigenvalue weighted by Gasteiger charge is -2.47. The van der Waals surface area contributed by atoms with Gasteiger partial charge in [-0.25, -0.2) is 52.2 Å². The molecule has 5 heterocycles. The van der Waals surface area contributed by atoms with Gasteiger partial charge in [0, 0.05) is 78.0 Å². The van der Waals surface area contributed by atoms with Crippen LogP contribution in [-0.4, -0.2) is 195 Å². The molecule has 2 bridgehead atoms. The number of carboxylic acids is 1. The second-order valence-electron chi connectivity index (χ2n) is 27.1. The number of hydrazine groups is 1. The molecule has 0 radical (unpaired) electrons. The number of amides is 4. The number of carbonyl (C=O) groups excluding carboxylic acids is 6. The molecule has 5 aromatic rings. The number of alkyl halides is 8. The van der Waals surface area contributed by atoms with Gasteiger partial charge in [0.15, 0.2) is 0 Å². The monoisotopic (exact) mass is 1540 g/mol. The van der Waals surface area contributed by atoms with Gasteiger partial charge < -0.3 is 58.9 Å². The molecule has 0 spiro atoms. The van der Waals surface area contributed by atoms with Crippen LogP contribution in [0.2, 0.25) is 0 Å². The number of fused-ring (bicyclic) bond motifs is 2. The Morgan fingerprint density at radius 3 is 1.82 bits per heavy atom. The molecule has 3 fully saturated rings. The van der Waals surface area contributed by atoms with E-state index >= 15 is 22.0 Å². The second kappa shape index (κ2) is 33.5. The van der Waals surface area contributed by atoms with Crippen LogP contribution in [0, 0.1) is 41.2 Å². The summed E-state index contributed by atoms with van der Waals surface area (Å²) in [6.07, 6.45) is -14.0. The van der Waals surface area contributed by atoms with Crippen molar-refractivity contribution in [3.05, 3.63) is 124 Å². The van der Waals surface area contributed by atoms with Crippen LogP contribution < -0.4 is 30.8 Å². The molecule has 0 saturated carbocycles. The molecule has 8 rings (SSSR count). The zero-order valence-corrected chi connectivity index (χ0v) is 59.5. The Balaban J connectivity index is 1.19. The molecule has 3 aliphatic heterocycles. The molecular formula is C67H76F10N11O18P. The zero-order valence-electron chi connectivity index (χ0n) is 58.6. The molecule has 29 nitrogen and oxygen atoms in total. The van der Waals surface area contributed by atoms with Gasteiger partial charge in [0.2, 0.25) is 18.6 Å². The number of phosphoric acid groups is 1. The van der Waals surface area contributed by atoms with Crippen LogP contribution in [0.25, 0.3) is 11.3 Å². The van der Waals surface area contributed by atoms with Crippen LogP contribution in [0.5, 0.6) is 5.75 Å². The number of nitrogens with one attached hydrogen (secondary N) is 4. The van der Waals surface area contributed by atoms with E-state index in [4.69, 9.17) is 23.5 Å². The Bertz CT molecular complexity index is 4170. The third-order valence-corrected chi connectivity index (χ3v) is 18.7. The highest BCUT2D eigenvalue weighted by Crippen LogP contribution is 2.47. The molecule has 582 valence electrons. The third kappa shape index (κ3) is 20.6. The summed E-state index contributed by atoms with van der Waals surface area (Å²) in [5.74, 6) is -3.86. The highest BCUT2D eigenvalue weighted by Gasteiger charge is 2.58. The average Bonchev–Trinajstić information content (AvgIpc) is 1.74. The molecule has 3 aliphatic rings. The zero-order chi connectivity index (χ0) is 79.1. The van der Waals surface area contributed by atoms with E-state index in [0.717, 1.165) is 44.3 Å². The van der Waals surface area contributed by atoms with E-state index in [9.17, 15) is 75.0 Å². The number of aromatic carboxylic acids is 1. The van der Waals surface area contributed by atoms with Gasteiger partial charge in [0.25, 0.3) is 5.91 Å². The summed E-state index contributed by atoms with van der Waals surface area (Å²) in [5, 5.41) is 19.5. The number of hydrogen-bond donors (Lipinski definition) is 7. The minimum Gasteiger partial charge on any atom is -0.478 e. The number of methoxy groups -OCH3 is 2. The molecule has 2 aromatic heterocycles. The number of nitrogens with zero attached hydrogens (tertiary/aromatic N) is 7. The fraction of sp³-hybridized carbons (Fsp3) is 0.493. The number of aryl methyl sites for hydroxylation is 1. The van der Waals surface area contributed by atoms with Crippen molar-refractivity contribution in [2.24, 2.45) is 10.8 Å². The van der Waals surface area contributed by atoms with Gasteiger partial charge in [-0.15, -0.1) is 0 Å². The summed E-state index contributed by atoms with van der Waals surface area (Å²) in [6.45, 7) is 1.22. The number of anilines is 1. The lowest BCUT2D eigenvalue weighted by molar-refractivity contribution is -0.221. The summed E-state index contributed by atoms with van der Waals surface area (Å²) in [6, 6.07) is 2.91. The number of carboxylic acid groups (broad SMARTS) is 1. The predicted molar refractivity (Wildman–Crippen MR) is 352 cm³/mol. The number of hydrogen-bond acceptors (Lipinski definition) is 21. The van der Waals surface area contributed by atoms with Crippen molar-refractivity contribution in [1.82, 2.24) is 51.0 Å². The predicted octanol–water partition coefficient (Wildman–Crippen LogP) is 8.52. The van der Waals surface area contributed by atoms with Gasteiger partial charge in [-0.05, 0) is 107 Å². The van der Waals surface area contributed by atoms with E-state index < -0.39 is 182 Å². The van der Waals surface area contributed by atoms with Crippen LogP contribution >= 0.6 is 7.82 Å². The van der Waals surface area contributed by atoms with Crippen molar-refractivity contribution in [3.8, 4) is 28.8 Å². The van der Waals surface area contributed by atoms with Gasteiger partial charge in [-0.3, -0.25) is 34.5 Å². The first kappa shape index (κ1) is 82.8. The molecule has 6 atom stereocenters. The number of carbonyl (C=O) groups is 7. The molecule has 3 saturated heterocycles. The Kier molecular flexibility index (Phi) is 25.9. The van der Waals surface area contributed by atoms with Gasteiger partial charge in [-0.1, -0.05) is 37.8 Å². The molecule has 2 unspecified atom stereocenters. The quantitative estimate of drug-likeness (QED) is 0.00469. The number of ether oxygens (including phenoxy) is 6. The molecule has 3 aromatic carbocycles. The summed E-state index contributed by atoms with van der Waals surface area (Å²) < 4.78 is 198. The van der Waals surface area contributed by atoms with E-state index in [0.29, 0.717) is 113 Å². The first-order chi connectivity index (χ1) is 49.9. The number of halogens is 10. The van der Waals surface area contributed by atoms with E-state index in [1.165, 1.54) is 57.4 Å². The maximum Gasteiger partial charge on any atom is 0.524 e. The number of rotatable bonds is 28. The van der Waals surface area contributed by atoms with E-state index in [-0.39, 0.29) is 21.4 Å². The van der Waals surface area contributed by atoms with Gasteiger partial charge in [0.05, 0.1) is 80.1 Å². The number of benzene rings is 3. The summed E-state index contributed by atoms with van der Waals surface area (Å²) >= 11 is 0. The van der Waals surface area contributed by atoms with Gasteiger partial charge in [-0.2, -0.15) is 40.2 Å². The third-order valence-electron chi connectivity index (χ3n) is 18.3. The van der Waals surface area contributed by atoms with Crippen molar-refractivity contribution in [2.75, 3.05) is 58.8 Å². The number of alkyl carbamates (subject to hydrolysis) is 2. The van der Waals surface area contributed by atoms with Crippen LogP contribution in [-0.2, 0) is 65.8 Å². The summed E-state index contributed by atoms with van der Waals surface area (Å²) in [7, 11) is -3.96. The van der Waals surface area contributed by atoms with E-state index in [2.05, 4.69) is 51.5 Å². The van der Waals surface area contributed by atoms with Crippen LogP contribution in [0.15, 0.2) is 73.2 Å². The maximum atomic E-state index is 16.7. The standard InChI is InChI=1S/C67H76F10N11O18P/c1-35-20-40(57(92)93)24-49(106-107(97,98)99)52(35)63(2,3)25-51(89)103-34-104-62(96)105-50(31-86(84-56(91)54(82-61(95)101-9)65(6,7)67(75,76)77)30-44-45(68)22-39(23-46(44)69)47-18-19-87(83-47)58(70)71)48(80-55(90)53(81-60(94)100-8)64(4,5)66(72,73)74)21-37-13-10-36(11-14-37)12-15-38-26-78-59(79-27-38)85-28-41-16-17-42(29-85)88(41)43-32-102-33-43/h10-11,13-14,18-20,22-24,26-27,41-43,48,50,53-54,58H,16-17,21,25,28-34H2,1-9H3,(H,80,90)(H,81,94)(H,82,95)(H,84,91)(H,92,93)(H2,97,98,99)/t41?,42?,48-,50-,53+,54+/m0/s1. The Hall–Kier alpha value is -9.87. The number of aromatic nitrogens is 4. The Morgan fingerprint density at radius 1 is 0.757 bits per heavy atom. The molecule has 4 amide bonds. The summed E-state index contributed by atoms with van der Waals surface area (Å²) in [4.78, 5) is 128. The van der Waals surface area contributed by atoms with Crippen LogP contribution in [0.1, 0.15) is 111 Å². The lowest BCUT2D eigenvalue weighted by atomic mass is 9.78.